The number of pyridine rings is 2. The molecule has 3 aromatic rings. The van der Waals surface area contributed by atoms with Gasteiger partial charge in [0.2, 0.25) is 0 Å². The summed E-state index contributed by atoms with van der Waals surface area (Å²) in [7, 11) is 0. The number of carbonyl (C=O) groups is 1. The summed E-state index contributed by atoms with van der Waals surface area (Å²) in [5.41, 5.74) is -0.266. The van der Waals surface area contributed by atoms with Gasteiger partial charge in [-0.3, -0.25) is 4.79 Å². The van der Waals surface area contributed by atoms with Gasteiger partial charge >= 0.3 is 6.18 Å². The highest BCUT2D eigenvalue weighted by molar-refractivity contribution is 5.96. The minimum Gasteiger partial charge on any atom is -0.487 e. The van der Waals surface area contributed by atoms with Crippen molar-refractivity contribution in [3.05, 3.63) is 60.4 Å². The van der Waals surface area contributed by atoms with Crippen molar-refractivity contribution in [3.63, 3.8) is 0 Å². The van der Waals surface area contributed by atoms with E-state index in [0.29, 0.717) is 12.1 Å². The number of piperidine rings is 1. The lowest BCUT2D eigenvalue weighted by atomic mass is 9.98. The quantitative estimate of drug-likeness (QED) is 0.615. The van der Waals surface area contributed by atoms with Gasteiger partial charge in [0.15, 0.2) is 5.69 Å². The Labute approximate surface area is 181 Å². The molecule has 2 aliphatic rings. The first kappa shape index (κ1) is 20.4. The molecule has 1 aliphatic carbocycles. The summed E-state index contributed by atoms with van der Waals surface area (Å²) in [6.45, 7) is 1.99. The topological polar surface area (TPSA) is 86.0 Å². The SMILES string of the molecule is CC1C2CC([C@@H](Oc3ccc(C(F)(F)F)nc3)C2)N1C(=O)c1ncccc1-n1nccn1. The molecule has 1 saturated heterocycles. The number of aromatic nitrogens is 5. The zero-order valence-electron chi connectivity index (χ0n) is 17.0. The molecule has 166 valence electrons. The third kappa shape index (κ3) is 3.47. The van der Waals surface area contributed by atoms with Crippen LogP contribution >= 0.6 is 0 Å². The molecule has 1 amide bonds. The van der Waals surface area contributed by atoms with Crippen molar-refractivity contribution in [2.45, 2.75) is 44.1 Å². The number of carbonyl (C=O) groups excluding carboxylic acids is 1. The van der Waals surface area contributed by atoms with Gasteiger partial charge in [-0.15, -0.1) is 4.80 Å². The molecule has 1 aliphatic heterocycles. The molecule has 5 rings (SSSR count). The highest BCUT2D eigenvalue weighted by Crippen LogP contribution is 2.44. The van der Waals surface area contributed by atoms with Crippen molar-refractivity contribution in [2.24, 2.45) is 5.92 Å². The number of halogens is 3. The van der Waals surface area contributed by atoms with Crippen LogP contribution in [0.5, 0.6) is 5.75 Å². The van der Waals surface area contributed by atoms with Crippen molar-refractivity contribution < 1.29 is 22.7 Å². The summed E-state index contributed by atoms with van der Waals surface area (Å²) >= 11 is 0. The molecule has 2 bridgehead atoms. The zero-order chi connectivity index (χ0) is 22.5. The fourth-order valence-electron chi connectivity index (χ4n) is 4.67. The zero-order valence-corrected chi connectivity index (χ0v) is 17.0. The van der Waals surface area contributed by atoms with E-state index in [1.807, 2.05) is 6.92 Å². The Balaban J connectivity index is 1.38. The Kier molecular flexibility index (Phi) is 4.83. The third-order valence-electron chi connectivity index (χ3n) is 6.16. The summed E-state index contributed by atoms with van der Waals surface area (Å²) in [6.07, 6.45) is 2.28. The predicted molar refractivity (Wildman–Crippen MR) is 105 cm³/mol. The maximum absolute atomic E-state index is 13.5. The summed E-state index contributed by atoms with van der Waals surface area (Å²) in [5.74, 6) is 0.220. The van der Waals surface area contributed by atoms with Crippen LogP contribution in [0.2, 0.25) is 0 Å². The van der Waals surface area contributed by atoms with E-state index in [0.717, 1.165) is 18.7 Å². The molecule has 4 heterocycles. The van der Waals surface area contributed by atoms with E-state index in [1.54, 1.807) is 23.2 Å². The van der Waals surface area contributed by atoms with E-state index >= 15 is 0 Å². The fourth-order valence-corrected chi connectivity index (χ4v) is 4.67. The average Bonchev–Trinajstić information content (AvgIpc) is 3.50. The Hall–Kier alpha value is -3.50. The number of hydrogen-bond donors (Lipinski definition) is 0. The van der Waals surface area contributed by atoms with Crippen LogP contribution < -0.4 is 4.74 Å². The number of fused-ring (bicyclic) bond motifs is 2. The van der Waals surface area contributed by atoms with E-state index in [1.165, 1.54) is 23.3 Å². The van der Waals surface area contributed by atoms with Gasteiger partial charge in [-0.05, 0) is 49.9 Å². The Morgan fingerprint density at radius 3 is 2.53 bits per heavy atom. The molecular weight excluding hydrogens is 425 g/mol. The lowest BCUT2D eigenvalue weighted by molar-refractivity contribution is -0.141. The summed E-state index contributed by atoms with van der Waals surface area (Å²) in [6, 6.07) is 5.35. The van der Waals surface area contributed by atoms with E-state index in [4.69, 9.17) is 4.74 Å². The number of rotatable bonds is 4. The van der Waals surface area contributed by atoms with Crippen molar-refractivity contribution in [1.82, 2.24) is 29.9 Å². The van der Waals surface area contributed by atoms with Gasteiger partial charge in [0.05, 0.1) is 24.6 Å². The maximum Gasteiger partial charge on any atom is 0.433 e. The second-order valence-electron chi connectivity index (χ2n) is 7.97. The van der Waals surface area contributed by atoms with E-state index < -0.39 is 11.9 Å². The fraction of sp³-hybridized carbons (Fsp3) is 0.381. The van der Waals surface area contributed by atoms with Crippen molar-refractivity contribution >= 4 is 5.91 Å². The van der Waals surface area contributed by atoms with Crippen molar-refractivity contribution in [3.8, 4) is 11.4 Å². The van der Waals surface area contributed by atoms with E-state index in [2.05, 4.69) is 20.2 Å². The van der Waals surface area contributed by atoms with Gasteiger partial charge in [0, 0.05) is 12.2 Å². The maximum atomic E-state index is 13.5. The number of alkyl halides is 3. The number of hydrogen-bond acceptors (Lipinski definition) is 6. The van der Waals surface area contributed by atoms with E-state index in [9.17, 15) is 18.0 Å². The van der Waals surface area contributed by atoms with Crippen LogP contribution in [0.4, 0.5) is 13.2 Å². The molecule has 32 heavy (non-hydrogen) atoms. The van der Waals surface area contributed by atoms with Crippen LogP contribution in [0.1, 0.15) is 35.9 Å². The Morgan fingerprint density at radius 1 is 1.09 bits per heavy atom. The Bertz CT molecular complexity index is 1120. The first-order valence-corrected chi connectivity index (χ1v) is 10.2. The first-order valence-electron chi connectivity index (χ1n) is 10.2. The molecule has 0 spiro atoms. The summed E-state index contributed by atoms with van der Waals surface area (Å²) in [5, 5.41) is 8.20. The number of nitrogens with zero attached hydrogens (tertiary/aromatic N) is 6. The monoisotopic (exact) mass is 444 g/mol. The van der Waals surface area contributed by atoms with Crippen LogP contribution in [-0.2, 0) is 6.18 Å². The molecule has 0 aromatic carbocycles. The number of ether oxygens (including phenoxy) is 1. The van der Waals surface area contributed by atoms with Crippen LogP contribution in [-0.4, -0.2) is 54.0 Å². The van der Waals surface area contributed by atoms with Gasteiger partial charge in [-0.25, -0.2) is 9.97 Å². The lowest BCUT2D eigenvalue weighted by Gasteiger charge is -2.37. The summed E-state index contributed by atoms with van der Waals surface area (Å²) in [4.78, 5) is 24.4. The summed E-state index contributed by atoms with van der Waals surface area (Å²) < 4.78 is 44.3. The molecule has 3 unspecified atom stereocenters. The lowest BCUT2D eigenvalue weighted by Crippen LogP contribution is -2.51. The van der Waals surface area contributed by atoms with Gasteiger partial charge in [0.1, 0.15) is 23.2 Å². The molecule has 1 saturated carbocycles. The number of amides is 1. The van der Waals surface area contributed by atoms with Crippen LogP contribution in [0.3, 0.4) is 0 Å². The van der Waals surface area contributed by atoms with Crippen LogP contribution in [0.25, 0.3) is 5.69 Å². The van der Waals surface area contributed by atoms with Gasteiger partial charge in [-0.2, -0.15) is 23.4 Å². The minimum absolute atomic E-state index is 0.0153. The van der Waals surface area contributed by atoms with E-state index in [-0.39, 0.29) is 41.5 Å². The molecule has 0 N–H and O–H groups in total. The van der Waals surface area contributed by atoms with Crippen LogP contribution in [0, 0.1) is 5.92 Å². The van der Waals surface area contributed by atoms with Gasteiger partial charge in [0.25, 0.3) is 5.91 Å². The van der Waals surface area contributed by atoms with Crippen molar-refractivity contribution in [2.75, 3.05) is 0 Å². The minimum atomic E-state index is -4.51. The molecule has 2 fully saturated rings. The standard InChI is InChI=1S/C21H19F3N6O2/c1-12-13-9-16(17(10-13)32-14-4-5-18(26-11-14)21(22,23)24)29(12)20(31)19-15(3-2-6-25-19)30-27-7-8-28-30/h2-8,11-13,16-17H,9-10H2,1H3/t12?,13?,16?,17-/m0/s1. The largest absolute Gasteiger partial charge is 0.487 e. The first-order chi connectivity index (χ1) is 15.3. The average molecular weight is 444 g/mol. The smallest absolute Gasteiger partial charge is 0.433 e. The molecule has 3 aromatic heterocycles. The highest BCUT2D eigenvalue weighted by atomic mass is 19.4. The second kappa shape index (κ2) is 7.57. The second-order valence-corrected chi connectivity index (χ2v) is 7.97. The van der Waals surface area contributed by atoms with Crippen LogP contribution in [0.15, 0.2) is 49.1 Å². The molecule has 11 heteroatoms. The molecule has 8 nitrogen and oxygen atoms in total. The molecule has 0 radical (unpaired) electrons. The number of likely N-dealkylation sites (tertiary alicyclic amines) is 1. The normalized spacial score (nSPS) is 24.7. The van der Waals surface area contributed by atoms with Crippen molar-refractivity contribution in [1.29, 1.82) is 0 Å². The molecular formula is C21H19F3N6O2. The van der Waals surface area contributed by atoms with Gasteiger partial charge in [-0.1, -0.05) is 0 Å². The third-order valence-corrected chi connectivity index (χ3v) is 6.16. The predicted octanol–water partition coefficient (Wildman–Crippen LogP) is 3.15. The van der Waals surface area contributed by atoms with Gasteiger partial charge < -0.3 is 9.64 Å². The Morgan fingerprint density at radius 2 is 1.88 bits per heavy atom. The molecule has 4 atom stereocenters. The highest BCUT2D eigenvalue weighted by Gasteiger charge is 2.53.